The molecule has 2 heterocycles. The van der Waals surface area contributed by atoms with Gasteiger partial charge in [0.2, 0.25) is 11.7 Å². The van der Waals surface area contributed by atoms with Crippen LogP contribution in [0.5, 0.6) is 5.75 Å². The van der Waals surface area contributed by atoms with E-state index in [2.05, 4.69) is 26.3 Å². The Morgan fingerprint density at radius 3 is 2.51 bits per heavy atom. The first-order chi connectivity index (χ1) is 18.8. The molecule has 12 heteroatoms. The zero-order valence-corrected chi connectivity index (χ0v) is 21.9. The van der Waals surface area contributed by atoms with E-state index in [0.29, 0.717) is 37.7 Å². The summed E-state index contributed by atoms with van der Waals surface area (Å²) >= 11 is 0. The van der Waals surface area contributed by atoms with Crippen LogP contribution in [0.25, 0.3) is 10.9 Å². The molecule has 0 radical (unpaired) electrons. The molecule has 2 unspecified atom stereocenters. The van der Waals surface area contributed by atoms with Gasteiger partial charge in [0.25, 0.3) is 11.8 Å². The first-order valence-corrected chi connectivity index (χ1v) is 13.4. The maximum absolute atomic E-state index is 13.5. The summed E-state index contributed by atoms with van der Waals surface area (Å²) in [6.45, 7) is 1.04. The fourth-order valence-corrected chi connectivity index (χ4v) is 4.76. The van der Waals surface area contributed by atoms with Crippen molar-refractivity contribution in [1.82, 2.24) is 31.2 Å². The fraction of sp³-hybridized carbons (Fsp3) is 0.519. The Labute approximate surface area is 225 Å². The molecule has 0 bridgehead atoms. The van der Waals surface area contributed by atoms with E-state index in [-0.39, 0.29) is 24.2 Å². The van der Waals surface area contributed by atoms with Gasteiger partial charge in [-0.1, -0.05) is 18.9 Å². The Kier molecular flexibility index (Phi) is 7.71. The summed E-state index contributed by atoms with van der Waals surface area (Å²) in [5.41, 5.74) is 0.985. The van der Waals surface area contributed by atoms with Crippen molar-refractivity contribution in [1.29, 1.82) is 0 Å². The number of fused-ring (bicyclic) bond motifs is 1. The number of hydrogen-bond donors (Lipinski definition) is 5. The van der Waals surface area contributed by atoms with Crippen LogP contribution in [-0.2, 0) is 14.4 Å². The van der Waals surface area contributed by atoms with Gasteiger partial charge in [0.15, 0.2) is 0 Å². The lowest BCUT2D eigenvalue weighted by Gasteiger charge is -2.25. The second-order valence-corrected chi connectivity index (χ2v) is 10.6. The lowest BCUT2D eigenvalue weighted by Crippen LogP contribution is -2.57. The summed E-state index contributed by atoms with van der Waals surface area (Å²) in [7, 11) is 1.55. The summed E-state index contributed by atoms with van der Waals surface area (Å²) in [6.07, 6.45) is 4.31. The average molecular weight is 539 g/mol. The van der Waals surface area contributed by atoms with Crippen LogP contribution in [-0.4, -0.2) is 84.8 Å². The fourth-order valence-electron chi connectivity index (χ4n) is 4.76. The highest BCUT2D eigenvalue weighted by Gasteiger charge is 2.36. The van der Waals surface area contributed by atoms with Crippen LogP contribution in [0, 0.1) is 11.8 Å². The van der Waals surface area contributed by atoms with E-state index in [9.17, 15) is 24.0 Å². The molecule has 2 atom stereocenters. The number of nitrogens with zero attached hydrogens (tertiary/aromatic N) is 1. The number of rotatable bonds is 13. The number of methoxy groups -OCH3 is 1. The molecule has 2 saturated carbocycles. The summed E-state index contributed by atoms with van der Waals surface area (Å²) in [6, 6.07) is 4.56. The quantitative estimate of drug-likeness (QED) is 0.236. The third-order valence-corrected chi connectivity index (χ3v) is 7.43. The molecule has 3 aliphatic rings. The maximum atomic E-state index is 13.5. The number of Topliss-reactive ketones (excluding diaryl/α,β-unsaturated/α-hetero) is 1. The number of aromatic amines is 1. The van der Waals surface area contributed by atoms with E-state index in [1.54, 1.807) is 25.3 Å². The third-order valence-electron chi connectivity index (χ3n) is 7.43. The first kappa shape index (κ1) is 26.5. The summed E-state index contributed by atoms with van der Waals surface area (Å²) in [4.78, 5) is 68.9. The minimum Gasteiger partial charge on any atom is -0.496 e. The van der Waals surface area contributed by atoms with Crippen LogP contribution in [0.2, 0.25) is 0 Å². The molecule has 1 saturated heterocycles. The van der Waals surface area contributed by atoms with Gasteiger partial charge in [0.05, 0.1) is 13.7 Å². The SMILES string of the molecule is COc1cccc2[nH]c(C(=O)NC(CC3CC3)C(=O)NC(CN3CCNC3=O)C(=O)C(=O)NCC3CC3)cc12. The van der Waals surface area contributed by atoms with Gasteiger partial charge in [-0.25, -0.2) is 4.79 Å². The van der Waals surface area contributed by atoms with E-state index in [1.165, 1.54) is 4.90 Å². The normalized spacial score (nSPS) is 18.3. The topological polar surface area (TPSA) is 162 Å². The van der Waals surface area contributed by atoms with Crippen molar-refractivity contribution >= 4 is 40.4 Å². The molecule has 1 aromatic carbocycles. The van der Waals surface area contributed by atoms with Crippen LogP contribution >= 0.6 is 0 Å². The number of ketones is 1. The average Bonchev–Trinajstić information content (AvgIpc) is 3.85. The van der Waals surface area contributed by atoms with Crippen molar-refractivity contribution in [2.45, 2.75) is 44.2 Å². The van der Waals surface area contributed by atoms with Crippen LogP contribution in [0.15, 0.2) is 24.3 Å². The number of H-pyrrole nitrogens is 1. The minimum atomic E-state index is -1.24. The molecule has 3 fully saturated rings. The summed E-state index contributed by atoms with van der Waals surface area (Å²) in [5, 5.41) is 11.5. The van der Waals surface area contributed by atoms with Crippen LogP contribution < -0.4 is 26.0 Å². The number of hydrogen-bond acceptors (Lipinski definition) is 6. The molecule has 1 aliphatic heterocycles. The second-order valence-electron chi connectivity index (χ2n) is 10.6. The number of carbonyl (C=O) groups excluding carboxylic acids is 5. The lowest BCUT2D eigenvalue weighted by molar-refractivity contribution is -0.140. The summed E-state index contributed by atoms with van der Waals surface area (Å²) < 4.78 is 5.37. The van der Waals surface area contributed by atoms with E-state index >= 15 is 0 Å². The molecule has 2 aromatic rings. The molecular formula is C27H34N6O6. The largest absolute Gasteiger partial charge is 0.496 e. The minimum absolute atomic E-state index is 0.140. The molecule has 208 valence electrons. The number of nitrogens with one attached hydrogen (secondary N) is 5. The second kappa shape index (κ2) is 11.3. The van der Waals surface area contributed by atoms with Crippen molar-refractivity contribution < 1.29 is 28.7 Å². The molecule has 5 N–H and O–H groups in total. The molecule has 2 aliphatic carbocycles. The first-order valence-electron chi connectivity index (χ1n) is 13.4. The molecule has 0 spiro atoms. The van der Waals surface area contributed by atoms with Gasteiger partial charge in [0.1, 0.15) is 23.5 Å². The third kappa shape index (κ3) is 6.50. The maximum Gasteiger partial charge on any atom is 0.317 e. The molecule has 39 heavy (non-hydrogen) atoms. The van der Waals surface area contributed by atoms with Crippen LogP contribution in [0.4, 0.5) is 4.79 Å². The Balaban J connectivity index is 1.30. The predicted octanol–water partition coefficient (Wildman–Crippen LogP) is 0.680. The highest BCUT2D eigenvalue weighted by molar-refractivity contribution is 6.38. The van der Waals surface area contributed by atoms with Gasteiger partial charge in [0, 0.05) is 30.5 Å². The Morgan fingerprint density at radius 1 is 1.08 bits per heavy atom. The van der Waals surface area contributed by atoms with Gasteiger partial charge < -0.3 is 35.9 Å². The predicted molar refractivity (Wildman–Crippen MR) is 141 cm³/mol. The zero-order chi connectivity index (χ0) is 27.5. The Morgan fingerprint density at radius 2 is 1.85 bits per heavy atom. The van der Waals surface area contributed by atoms with Crippen molar-refractivity contribution in [3.63, 3.8) is 0 Å². The van der Waals surface area contributed by atoms with Gasteiger partial charge >= 0.3 is 6.03 Å². The van der Waals surface area contributed by atoms with E-state index in [1.807, 2.05) is 6.07 Å². The van der Waals surface area contributed by atoms with Gasteiger partial charge in [-0.15, -0.1) is 0 Å². The smallest absolute Gasteiger partial charge is 0.317 e. The van der Waals surface area contributed by atoms with Crippen molar-refractivity contribution in [3.05, 3.63) is 30.0 Å². The monoisotopic (exact) mass is 538 g/mol. The summed E-state index contributed by atoms with van der Waals surface area (Å²) in [5.74, 6) is -1.38. The standard InChI is InChI=1S/C27H34N6O6/c1-39-22-4-2-3-18-17(22)12-20(30-18)25(36)31-19(11-15-5-6-15)24(35)32-21(14-33-10-9-28-27(33)38)23(34)26(37)29-13-16-7-8-16/h2-4,12,15-16,19,21,30H,5-11,13-14H2,1H3,(H,28,38)(H,29,37)(H,31,36)(H,32,35). The van der Waals surface area contributed by atoms with Crippen LogP contribution in [0.3, 0.4) is 0 Å². The molecule has 12 nitrogen and oxygen atoms in total. The number of aromatic nitrogens is 1. The van der Waals surface area contributed by atoms with Gasteiger partial charge in [-0.3, -0.25) is 19.2 Å². The molecule has 1 aromatic heterocycles. The van der Waals surface area contributed by atoms with E-state index in [4.69, 9.17) is 4.74 Å². The Bertz CT molecular complexity index is 1280. The zero-order valence-electron chi connectivity index (χ0n) is 21.9. The van der Waals surface area contributed by atoms with E-state index < -0.39 is 35.6 Å². The number of amides is 5. The van der Waals surface area contributed by atoms with Crippen molar-refractivity contribution in [3.8, 4) is 5.75 Å². The number of urea groups is 1. The molecule has 5 rings (SSSR count). The number of benzene rings is 1. The highest BCUT2D eigenvalue weighted by atomic mass is 16.5. The van der Waals surface area contributed by atoms with E-state index in [0.717, 1.165) is 36.6 Å². The Hall–Kier alpha value is -4.09. The van der Waals surface area contributed by atoms with Gasteiger partial charge in [-0.2, -0.15) is 0 Å². The number of ether oxygens (including phenoxy) is 1. The molecule has 5 amide bonds. The highest BCUT2D eigenvalue weighted by Crippen LogP contribution is 2.34. The van der Waals surface area contributed by atoms with Gasteiger partial charge in [-0.05, 0) is 49.3 Å². The lowest BCUT2D eigenvalue weighted by atomic mass is 10.1. The van der Waals surface area contributed by atoms with Crippen molar-refractivity contribution in [2.24, 2.45) is 11.8 Å². The number of carbonyl (C=O) groups is 5. The van der Waals surface area contributed by atoms with Crippen LogP contribution in [0.1, 0.15) is 42.6 Å². The molecular weight excluding hydrogens is 504 g/mol. The van der Waals surface area contributed by atoms with Crippen molar-refractivity contribution in [2.75, 3.05) is 33.3 Å².